The standard InChI is InChI=1S/C13H26N2O3S.ClH/c1-2-15(12-8-10-19(17,18)11-12)13(16)7-5-3-4-6-9-14;/h12H,2-11,14H2,1H3;1H. The minimum atomic E-state index is -2.92. The van der Waals surface area contributed by atoms with E-state index in [1.807, 2.05) is 6.92 Å². The first-order chi connectivity index (χ1) is 9.00. The van der Waals surface area contributed by atoms with E-state index in [1.54, 1.807) is 4.90 Å². The maximum absolute atomic E-state index is 12.1. The van der Waals surface area contributed by atoms with Gasteiger partial charge in [-0.15, -0.1) is 12.4 Å². The molecule has 0 spiro atoms. The van der Waals surface area contributed by atoms with E-state index in [-0.39, 0.29) is 35.9 Å². The van der Waals surface area contributed by atoms with Gasteiger partial charge in [-0.3, -0.25) is 4.79 Å². The number of unbranched alkanes of at least 4 members (excludes halogenated alkanes) is 3. The fourth-order valence-electron chi connectivity index (χ4n) is 2.58. The minimum Gasteiger partial charge on any atom is -0.339 e. The van der Waals surface area contributed by atoms with Crippen molar-refractivity contribution in [3.63, 3.8) is 0 Å². The summed E-state index contributed by atoms with van der Waals surface area (Å²) in [7, 11) is -2.92. The molecule has 0 aliphatic carbocycles. The lowest BCUT2D eigenvalue weighted by atomic mass is 10.1. The Kier molecular flexibility index (Phi) is 9.42. The van der Waals surface area contributed by atoms with Gasteiger partial charge in [-0.1, -0.05) is 12.8 Å². The van der Waals surface area contributed by atoms with E-state index in [0.717, 1.165) is 25.7 Å². The Hall–Kier alpha value is -0.330. The highest BCUT2D eigenvalue weighted by molar-refractivity contribution is 7.91. The minimum absolute atomic E-state index is 0. The SMILES string of the molecule is CCN(C(=O)CCCCCCN)C1CCS(=O)(=O)C1.Cl. The predicted molar refractivity (Wildman–Crippen MR) is 83.8 cm³/mol. The van der Waals surface area contributed by atoms with Crippen molar-refractivity contribution < 1.29 is 13.2 Å². The Morgan fingerprint density at radius 3 is 2.40 bits per heavy atom. The average molecular weight is 327 g/mol. The number of sulfone groups is 1. The van der Waals surface area contributed by atoms with Gasteiger partial charge in [-0.25, -0.2) is 8.42 Å². The van der Waals surface area contributed by atoms with Crippen molar-refractivity contribution in [3.05, 3.63) is 0 Å². The molecular weight excluding hydrogens is 300 g/mol. The molecule has 1 saturated heterocycles. The molecule has 0 bridgehead atoms. The second-order valence-corrected chi connectivity index (χ2v) is 7.42. The molecule has 2 N–H and O–H groups in total. The van der Waals surface area contributed by atoms with Gasteiger partial charge in [0.05, 0.1) is 11.5 Å². The summed E-state index contributed by atoms with van der Waals surface area (Å²) >= 11 is 0. The van der Waals surface area contributed by atoms with Crippen molar-refractivity contribution >= 4 is 28.2 Å². The smallest absolute Gasteiger partial charge is 0.222 e. The number of hydrogen-bond acceptors (Lipinski definition) is 4. The van der Waals surface area contributed by atoms with Gasteiger partial charge < -0.3 is 10.6 Å². The topological polar surface area (TPSA) is 80.5 Å². The van der Waals surface area contributed by atoms with Gasteiger partial charge in [-0.2, -0.15) is 0 Å². The normalized spacial score (nSPS) is 20.4. The summed E-state index contributed by atoms with van der Waals surface area (Å²) in [6.07, 6.45) is 5.07. The van der Waals surface area contributed by atoms with Crippen molar-refractivity contribution in [1.29, 1.82) is 0 Å². The number of rotatable bonds is 8. The average Bonchev–Trinajstić information content (AvgIpc) is 2.70. The van der Waals surface area contributed by atoms with Crippen LogP contribution in [0, 0.1) is 0 Å². The quantitative estimate of drug-likeness (QED) is 0.683. The van der Waals surface area contributed by atoms with Gasteiger partial charge in [0.15, 0.2) is 9.84 Å². The Morgan fingerprint density at radius 2 is 1.90 bits per heavy atom. The first kappa shape index (κ1) is 19.7. The molecule has 7 heteroatoms. The van der Waals surface area contributed by atoms with Crippen LogP contribution in [0.15, 0.2) is 0 Å². The summed E-state index contributed by atoms with van der Waals surface area (Å²) in [6.45, 7) is 3.22. The molecule has 1 rings (SSSR count). The number of hydrogen-bond donors (Lipinski definition) is 1. The molecule has 20 heavy (non-hydrogen) atoms. The van der Waals surface area contributed by atoms with E-state index in [9.17, 15) is 13.2 Å². The van der Waals surface area contributed by atoms with Crippen LogP contribution in [-0.4, -0.2) is 49.9 Å². The molecule has 1 unspecified atom stereocenters. The van der Waals surface area contributed by atoms with Crippen molar-refractivity contribution in [1.82, 2.24) is 4.90 Å². The third-order valence-electron chi connectivity index (χ3n) is 3.65. The molecule has 1 aliphatic heterocycles. The molecule has 1 fully saturated rings. The zero-order chi connectivity index (χ0) is 14.3. The second-order valence-electron chi connectivity index (χ2n) is 5.19. The molecule has 0 aromatic heterocycles. The number of halogens is 1. The van der Waals surface area contributed by atoms with Gasteiger partial charge in [0.25, 0.3) is 0 Å². The number of nitrogens with two attached hydrogens (primary N) is 1. The Labute approximate surface area is 128 Å². The Bertz CT molecular complexity index is 387. The summed E-state index contributed by atoms with van der Waals surface area (Å²) < 4.78 is 22.9. The van der Waals surface area contributed by atoms with Crippen LogP contribution in [0.3, 0.4) is 0 Å². The molecular formula is C13H27ClN2O3S. The molecule has 1 aliphatic rings. The van der Waals surface area contributed by atoms with E-state index < -0.39 is 9.84 Å². The summed E-state index contributed by atoms with van der Waals surface area (Å²) in [4.78, 5) is 13.9. The van der Waals surface area contributed by atoms with Crippen molar-refractivity contribution in [2.45, 2.75) is 51.5 Å². The van der Waals surface area contributed by atoms with Crippen LogP contribution in [-0.2, 0) is 14.6 Å². The van der Waals surface area contributed by atoms with Crippen molar-refractivity contribution in [2.24, 2.45) is 5.73 Å². The van der Waals surface area contributed by atoms with Crippen molar-refractivity contribution in [2.75, 3.05) is 24.6 Å². The lowest BCUT2D eigenvalue weighted by molar-refractivity contribution is -0.132. The Morgan fingerprint density at radius 1 is 1.25 bits per heavy atom. The summed E-state index contributed by atoms with van der Waals surface area (Å²) in [5.41, 5.74) is 5.42. The van der Waals surface area contributed by atoms with Crippen LogP contribution in [0.25, 0.3) is 0 Å². The third kappa shape index (κ3) is 6.41. The zero-order valence-electron chi connectivity index (χ0n) is 12.2. The molecule has 1 atom stereocenters. The van der Waals surface area contributed by atoms with E-state index in [2.05, 4.69) is 0 Å². The number of amides is 1. The summed E-state index contributed by atoms with van der Waals surface area (Å²) in [6, 6.07) is -0.105. The van der Waals surface area contributed by atoms with E-state index in [0.29, 0.717) is 25.9 Å². The highest BCUT2D eigenvalue weighted by atomic mass is 35.5. The molecule has 5 nitrogen and oxygen atoms in total. The van der Waals surface area contributed by atoms with Gasteiger partial charge in [0.2, 0.25) is 5.91 Å². The zero-order valence-corrected chi connectivity index (χ0v) is 13.8. The molecule has 0 saturated carbocycles. The highest BCUT2D eigenvalue weighted by Gasteiger charge is 2.33. The summed E-state index contributed by atoms with van der Waals surface area (Å²) in [5.74, 6) is 0.454. The fourth-order valence-corrected chi connectivity index (χ4v) is 4.31. The maximum atomic E-state index is 12.1. The van der Waals surface area contributed by atoms with Gasteiger partial charge >= 0.3 is 0 Å². The molecule has 1 amide bonds. The van der Waals surface area contributed by atoms with E-state index >= 15 is 0 Å². The van der Waals surface area contributed by atoms with Gasteiger partial charge in [-0.05, 0) is 32.7 Å². The van der Waals surface area contributed by atoms with Crippen LogP contribution < -0.4 is 5.73 Å². The molecule has 1 heterocycles. The van der Waals surface area contributed by atoms with Crippen LogP contribution in [0.1, 0.15) is 45.4 Å². The number of carbonyl (C=O) groups is 1. The first-order valence-corrected chi connectivity index (χ1v) is 9.02. The van der Waals surface area contributed by atoms with Crippen LogP contribution in [0.5, 0.6) is 0 Å². The molecule has 0 aromatic carbocycles. The molecule has 0 aromatic rings. The number of carbonyl (C=O) groups excluding carboxylic acids is 1. The molecule has 0 radical (unpaired) electrons. The van der Waals surface area contributed by atoms with E-state index in [1.165, 1.54) is 0 Å². The first-order valence-electron chi connectivity index (χ1n) is 7.20. The maximum Gasteiger partial charge on any atom is 0.222 e. The molecule has 120 valence electrons. The van der Waals surface area contributed by atoms with Crippen LogP contribution in [0.4, 0.5) is 0 Å². The largest absolute Gasteiger partial charge is 0.339 e. The van der Waals surface area contributed by atoms with Crippen LogP contribution in [0.2, 0.25) is 0 Å². The summed E-state index contributed by atoms with van der Waals surface area (Å²) in [5, 5.41) is 0. The van der Waals surface area contributed by atoms with Crippen LogP contribution >= 0.6 is 12.4 Å². The van der Waals surface area contributed by atoms with Gasteiger partial charge in [0.1, 0.15) is 0 Å². The lowest BCUT2D eigenvalue weighted by Gasteiger charge is -2.26. The fraction of sp³-hybridized carbons (Fsp3) is 0.923. The predicted octanol–water partition coefficient (Wildman–Crippen LogP) is 1.35. The van der Waals surface area contributed by atoms with E-state index in [4.69, 9.17) is 5.73 Å². The monoisotopic (exact) mass is 326 g/mol. The Balaban J connectivity index is 0.00000361. The number of nitrogens with zero attached hydrogens (tertiary/aromatic N) is 1. The lowest BCUT2D eigenvalue weighted by Crippen LogP contribution is -2.40. The second kappa shape index (κ2) is 9.58. The van der Waals surface area contributed by atoms with Crippen molar-refractivity contribution in [3.8, 4) is 0 Å². The third-order valence-corrected chi connectivity index (χ3v) is 5.41. The van der Waals surface area contributed by atoms with Gasteiger partial charge in [0, 0.05) is 19.0 Å². The highest BCUT2D eigenvalue weighted by Crippen LogP contribution is 2.19.